The number of primary amides is 1. The molecule has 7 heteroatoms. The Morgan fingerprint density at radius 1 is 1.47 bits per heavy atom. The third-order valence-corrected chi connectivity index (χ3v) is 3.20. The summed E-state index contributed by atoms with van der Waals surface area (Å²) >= 11 is 1.29. The fourth-order valence-corrected chi connectivity index (χ4v) is 2.03. The molecule has 0 aromatic carbocycles. The Morgan fingerprint density at radius 3 is 2.82 bits per heavy atom. The number of imidazole rings is 1. The molecule has 2 aromatic rings. The summed E-state index contributed by atoms with van der Waals surface area (Å²) in [5, 5.41) is 1.27. The topological polar surface area (TPSA) is 99.8 Å². The van der Waals surface area contributed by atoms with Gasteiger partial charge in [-0.1, -0.05) is 0 Å². The number of carbonyl (C=O) groups is 1. The fraction of sp³-hybridized carbons (Fsp3) is 0.100. The number of hydrogen-bond acceptors (Lipinski definition) is 5. The smallest absolute Gasteiger partial charge is 0.267 e. The lowest BCUT2D eigenvalue weighted by Gasteiger charge is -2.05. The standard InChI is InChI=1S/C10H11N5OS/c1-15-5-4-13-10(15)17-9-6(11)2-3-7(14-9)8(12)16/h2-5H,11H2,1H3,(H2,12,16). The quantitative estimate of drug-likeness (QED) is 0.831. The summed E-state index contributed by atoms with van der Waals surface area (Å²) in [4.78, 5) is 19.3. The van der Waals surface area contributed by atoms with Gasteiger partial charge in [0.1, 0.15) is 10.7 Å². The van der Waals surface area contributed by atoms with Gasteiger partial charge >= 0.3 is 0 Å². The molecule has 0 aliphatic carbocycles. The Bertz CT molecular complexity index is 566. The molecule has 0 fully saturated rings. The van der Waals surface area contributed by atoms with Crippen LogP contribution in [0.5, 0.6) is 0 Å². The van der Waals surface area contributed by atoms with Gasteiger partial charge in [0, 0.05) is 19.4 Å². The minimum Gasteiger partial charge on any atom is -0.397 e. The maximum atomic E-state index is 11.0. The van der Waals surface area contributed by atoms with Crippen molar-refractivity contribution in [3.05, 3.63) is 30.2 Å². The predicted octanol–water partition coefficient (Wildman–Crippen LogP) is 0.647. The van der Waals surface area contributed by atoms with E-state index in [1.165, 1.54) is 17.8 Å². The van der Waals surface area contributed by atoms with Gasteiger partial charge in [0.15, 0.2) is 5.16 Å². The van der Waals surface area contributed by atoms with Crippen molar-refractivity contribution in [2.75, 3.05) is 5.73 Å². The van der Waals surface area contributed by atoms with Crippen LogP contribution in [0.2, 0.25) is 0 Å². The first kappa shape index (κ1) is 11.5. The van der Waals surface area contributed by atoms with Crippen LogP contribution in [0.25, 0.3) is 0 Å². The van der Waals surface area contributed by atoms with Gasteiger partial charge in [0.05, 0.1) is 5.69 Å². The molecular formula is C10H11N5OS. The van der Waals surface area contributed by atoms with Crippen molar-refractivity contribution in [3.63, 3.8) is 0 Å². The molecule has 1 amide bonds. The van der Waals surface area contributed by atoms with Gasteiger partial charge in [-0.05, 0) is 23.9 Å². The summed E-state index contributed by atoms with van der Waals surface area (Å²) in [6, 6.07) is 3.11. The average Bonchev–Trinajstić information content (AvgIpc) is 2.67. The fourth-order valence-electron chi connectivity index (χ4n) is 1.21. The van der Waals surface area contributed by atoms with Crippen molar-refractivity contribution in [2.24, 2.45) is 12.8 Å². The van der Waals surface area contributed by atoms with E-state index in [1.54, 1.807) is 12.3 Å². The molecule has 0 spiro atoms. The van der Waals surface area contributed by atoms with Crippen molar-refractivity contribution in [1.29, 1.82) is 0 Å². The number of nitrogens with zero attached hydrogens (tertiary/aromatic N) is 3. The summed E-state index contributed by atoms with van der Waals surface area (Å²) in [6.45, 7) is 0. The first-order chi connectivity index (χ1) is 8.08. The minimum absolute atomic E-state index is 0.191. The Kier molecular flexibility index (Phi) is 3.01. The molecule has 0 radical (unpaired) electrons. The number of carbonyl (C=O) groups excluding carboxylic acids is 1. The van der Waals surface area contributed by atoms with Crippen molar-refractivity contribution >= 4 is 23.4 Å². The van der Waals surface area contributed by atoms with Gasteiger partial charge in [-0.25, -0.2) is 9.97 Å². The van der Waals surface area contributed by atoms with Gasteiger partial charge in [0.25, 0.3) is 5.91 Å². The maximum Gasteiger partial charge on any atom is 0.267 e. The zero-order valence-corrected chi connectivity index (χ0v) is 9.94. The van der Waals surface area contributed by atoms with Gasteiger partial charge in [-0.3, -0.25) is 4.79 Å². The number of pyridine rings is 1. The van der Waals surface area contributed by atoms with E-state index in [0.29, 0.717) is 10.7 Å². The molecule has 0 saturated heterocycles. The van der Waals surface area contributed by atoms with E-state index in [-0.39, 0.29) is 5.69 Å². The van der Waals surface area contributed by atoms with E-state index >= 15 is 0 Å². The monoisotopic (exact) mass is 249 g/mol. The Balaban J connectivity index is 2.35. The highest BCUT2D eigenvalue weighted by Crippen LogP contribution is 2.28. The molecule has 0 saturated carbocycles. The highest BCUT2D eigenvalue weighted by molar-refractivity contribution is 7.99. The van der Waals surface area contributed by atoms with Crippen molar-refractivity contribution in [1.82, 2.24) is 14.5 Å². The summed E-state index contributed by atoms with van der Waals surface area (Å²) in [5.74, 6) is -0.577. The molecule has 0 aliphatic heterocycles. The van der Waals surface area contributed by atoms with Crippen LogP contribution in [0.4, 0.5) is 5.69 Å². The molecule has 0 bridgehead atoms. The first-order valence-electron chi connectivity index (χ1n) is 4.79. The van der Waals surface area contributed by atoms with Gasteiger partial charge in [0.2, 0.25) is 0 Å². The van der Waals surface area contributed by atoms with Gasteiger partial charge in [-0.15, -0.1) is 0 Å². The predicted molar refractivity (Wildman–Crippen MR) is 64.5 cm³/mol. The molecule has 0 unspecified atom stereocenters. The van der Waals surface area contributed by atoms with Crippen molar-refractivity contribution in [3.8, 4) is 0 Å². The Morgan fingerprint density at radius 2 is 2.24 bits per heavy atom. The first-order valence-corrected chi connectivity index (χ1v) is 5.61. The molecular weight excluding hydrogens is 238 g/mol. The van der Waals surface area contributed by atoms with Crippen molar-refractivity contribution in [2.45, 2.75) is 10.2 Å². The van der Waals surface area contributed by atoms with Crippen LogP contribution in [0, 0.1) is 0 Å². The molecule has 2 rings (SSSR count). The average molecular weight is 249 g/mol. The SMILES string of the molecule is Cn1ccnc1Sc1nc(C(N)=O)ccc1N. The Hall–Kier alpha value is -2.02. The Labute approximate surface area is 102 Å². The molecule has 2 heterocycles. The largest absolute Gasteiger partial charge is 0.397 e. The molecule has 0 atom stereocenters. The molecule has 2 aromatic heterocycles. The molecule has 88 valence electrons. The van der Waals surface area contributed by atoms with Crippen LogP contribution < -0.4 is 11.5 Å². The number of nitrogens with two attached hydrogens (primary N) is 2. The second-order valence-electron chi connectivity index (χ2n) is 3.38. The van der Waals surface area contributed by atoms with E-state index in [2.05, 4.69) is 9.97 Å². The minimum atomic E-state index is -0.577. The second-order valence-corrected chi connectivity index (χ2v) is 4.33. The zero-order valence-electron chi connectivity index (χ0n) is 9.12. The molecule has 4 N–H and O–H groups in total. The van der Waals surface area contributed by atoms with E-state index < -0.39 is 5.91 Å². The lowest BCUT2D eigenvalue weighted by molar-refractivity contribution is 0.0995. The number of rotatable bonds is 3. The summed E-state index contributed by atoms with van der Waals surface area (Å²) < 4.78 is 1.84. The van der Waals surface area contributed by atoms with E-state index in [4.69, 9.17) is 11.5 Å². The molecule has 6 nitrogen and oxygen atoms in total. The molecule has 17 heavy (non-hydrogen) atoms. The van der Waals surface area contributed by atoms with Crippen LogP contribution in [0.1, 0.15) is 10.5 Å². The number of hydrogen-bond donors (Lipinski definition) is 2. The van der Waals surface area contributed by atoms with Crippen molar-refractivity contribution < 1.29 is 4.79 Å². The summed E-state index contributed by atoms with van der Waals surface area (Å²) in [6.07, 6.45) is 3.49. The van der Waals surface area contributed by atoms with E-state index in [0.717, 1.165) is 5.16 Å². The van der Waals surface area contributed by atoms with Crippen LogP contribution in [0.3, 0.4) is 0 Å². The highest BCUT2D eigenvalue weighted by atomic mass is 32.2. The maximum absolute atomic E-state index is 11.0. The summed E-state index contributed by atoms with van der Waals surface area (Å²) in [5.41, 5.74) is 11.6. The third kappa shape index (κ3) is 2.39. The zero-order chi connectivity index (χ0) is 12.4. The highest BCUT2D eigenvalue weighted by Gasteiger charge is 2.10. The number of nitrogen functional groups attached to an aromatic ring is 1. The van der Waals surface area contributed by atoms with E-state index in [1.807, 2.05) is 17.8 Å². The van der Waals surface area contributed by atoms with Crippen LogP contribution in [0.15, 0.2) is 34.7 Å². The van der Waals surface area contributed by atoms with Crippen LogP contribution >= 0.6 is 11.8 Å². The second kappa shape index (κ2) is 4.46. The summed E-state index contributed by atoms with van der Waals surface area (Å²) in [7, 11) is 1.86. The lowest BCUT2D eigenvalue weighted by Crippen LogP contribution is -2.13. The van der Waals surface area contributed by atoms with Gasteiger partial charge in [-0.2, -0.15) is 0 Å². The van der Waals surface area contributed by atoms with Gasteiger partial charge < -0.3 is 16.0 Å². The number of aryl methyl sites for hydroxylation is 1. The normalized spacial score (nSPS) is 10.4. The third-order valence-electron chi connectivity index (χ3n) is 2.11. The number of amides is 1. The number of aromatic nitrogens is 3. The van der Waals surface area contributed by atoms with Crippen LogP contribution in [-0.4, -0.2) is 20.4 Å². The number of anilines is 1. The van der Waals surface area contributed by atoms with E-state index in [9.17, 15) is 4.79 Å². The lowest BCUT2D eigenvalue weighted by atomic mass is 10.3. The molecule has 0 aliphatic rings. The van der Waals surface area contributed by atoms with Crippen LogP contribution in [-0.2, 0) is 7.05 Å².